The van der Waals surface area contributed by atoms with Gasteiger partial charge in [-0.15, -0.1) is 5.11 Å². The van der Waals surface area contributed by atoms with Crippen molar-refractivity contribution in [3.05, 3.63) is 63.8 Å². The Kier molecular flexibility index (Phi) is 3.86. The highest BCUT2D eigenvalue weighted by Crippen LogP contribution is 2.39. The van der Waals surface area contributed by atoms with Gasteiger partial charge in [-0.1, -0.05) is 11.6 Å². The normalized spacial score (nSPS) is 11.2. The summed E-state index contributed by atoms with van der Waals surface area (Å²) in [7, 11) is 0. The number of phenols is 1. The summed E-state index contributed by atoms with van der Waals surface area (Å²) >= 11 is 6.05. The minimum atomic E-state index is -0.566. The topological polar surface area (TPSA) is 101 Å². The lowest BCUT2D eigenvalue weighted by molar-refractivity contribution is -0.384. The first-order chi connectivity index (χ1) is 11.1. The fourth-order valence-electron chi connectivity index (χ4n) is 2.05. The molecule has 0 fully saturated rings. The number of nitro groups is 1. The molecule has 114 valence electrons. The number of halogens is 1. The predicted octanol–water partition coefficient (Wildman–Crippen LogP) is 4.92. The third-order valence-electron chi connectivity index (χ3n) is 3.11. The molecule has 3 aromatic rings. The van der Waals surface area contributed by atoms with Gasteiger partial charge in [0.15, 0.2) is 5.69 Å². The van der Waals surface area contributed by atoms with Crippen LogP contribution in [0.4, 0.5) is 17.1 Å². The van der Waals surface area contributed by atoms with Crippen LogP contribution in [0.2, 0.25) is 5.02 Å². The van der Waals surface area contributed by atoms with Gasteiger partial charge in [0.1, 0.15) is 5.75 Å². The molecule has 1 aromatic heterocycles. The van der Waals surface area contributed by atoms with Gasteiger partial charge in [-0.3, -0.25) is 15.1 Å². The van der Waals surface area contributed by atoms with Crippen molar-refractivity contribution in [3.8, 4) is 5.75 Å². The van der Waals surface area contributed by atoms with E-state index in [1.54, 1.807) is 30.5 Å². The molecular weight excluding hydrogens is 320 g/mol. The molecule has 1 heterocycles. The van der Waals surface area contributed by atoms with Crippen molar-refractivity contribution in [1.82, 2.24) is 4.98 Å². The van der Waals surface area contributed by atoms with Crippen LogP contribution in [0, 0.1) is 10.1 Å². The van der Waals surface area contributed by atoms with Crippen LogP contribution in [0.25, 0.3) is 10.9 Å². The second kappa shape index (κ2) is 5.98. The van der Waals surface area contributed by atoms with E-state index in [1.807, 2.05) is 0 Å². The van der Waals surface area contributed by atoms with Crippen molar-refractivity contribution in [2.45, 2.75) is 0 Å². The molecule has 0 bridgehead atoms. The first-order valence-corrected chi connectivity index (χ1v) is 6.86. The van der Waals surface area contributed by atoms with E-state index in [9.17, 15) is 15.2 Å². The van der Waals surface area contributed by atoms with Gasteiger partial charge < -0.3 is 5.11 Å². The van der Waals surface area contributed by atoms with Crippen molar-refractivity contribution < 1.29 is 10.0 Å². The van der Waals surface area contributed by atoms with E-state index in [1.165, 1.54) is 18.2 Å². The maximum Gasteiger partial charge on any atom is 0.298 e. The SMILES string of the molecule is O=[N+]([O-])c1cc(Cl)c2ncccc2c1N=Nc1ccc(O)cc1. The summed E-state index contributed by atoms with van der Waals surface area (Å²) in [5, 5.41) is 29.1. The molecule has 0 aliphatic rings. The highest BCUT2D eigenvalue weighted by Gasteiger charge is 2.20. The summed E-state index contributed by atoms with van der Waals surface area (Å²) in [6.07, 6.45) is 1.54. The van der Waals surface area contributed by atoms with Crippen LogP contribution < -0.4 is 0 Å². The Balaban J connectivity index is 2.18. The van der Waals surface area contributed by atoms with Crippen LogP contribution in [0.1, 0.15) is 0 Å². The standard InChI is InChI=1S/C15H9ClN4O3/c16-12-8-13(20(22)23)15(11-2-1-7-17-14(11)12)19-18-9-3-5-10(21)6-4-9/h1-8,21H. The molecule has 0 radical (unpaired) electrons. The summed E-state index contributed by atoms with van der Waals surface area (Å²) in [6, 6.07) is 10.5. The molecule has 7 nitrogen and oxygen atoms in total. The summed E-state index contributed by atoms with van der Waals surface area (Å²) in [5.41, 5.74) is 0.692. The molecule has 0 aliphatic carbocycles. The smallest absolute Gasteiger partial charge is 0.298 e. The van der Waals surface area contributed by atoms with Gasteiger partial charge in [0.2, 0.25) is 0 Å². The zero-order valence-corrected chi connectivity index (χ0v) is 12.3. The van der Waals surface area contributed by atoms with Gasteiger partial charge in [0.25, 0.3) is 5.69 Å². The van der Waals surface area contributed by atoms with Gasteiger partial charge in [-0.25, -0.2) is 0 Å². The summed E-state index contributed by atoms with van der Waals surface area (Å²) < 4.78 is 0. The molecule has 23 heavy (non-hydrogen) atoms. The Labute approximate surface area is 135 Å². The first kappa shape index (κ1) is 14.9. The van der Waals surface area contributed by atoms with Crippen molar-refractivity contribution in [2.75, 3.05) is 0 Å². The van der Waals surface area contributed by atoms with E-state index in [0.717, 1.165) is 0 Å². The molecule has 0 saturated carbocycles. The van der Waals surface area contributed by atoms with E-state index in [4.69, 9.17) is 11.6 Å². The van der Waals surface area contributed by atoms with Gasteiger partial charge in [-0.05, 0) is 36.4 Å². The molecule has 1 N–H and O–H groups in total. The Morgan fingerprint density at radius 2 is 1.91 bits per heavy atom. The van der Waals surface area contributed by atoms with Crippen molar-refractivity contribution in [1.29, 1.82) is 0 Å². The highest BCUT2D eigenvalue weighted by atomic mass is 35.5. The monoisotopic (exact) mass is 328 g/mol. The number of phenolic OH excluding ortho intramolecular Hbond substituents is 1. The fourth-order valence-corrected chi connectivity index (χ4v) is 2.31. The number of pyridine rings is 1. The maximum absolute atomic E-state index is 11.3. The van der Waals surface area contributed by atoms with Crippen LogP contribution in [-0.2, 0) is 0 Å². The number of benzene rings is 2. The van der Waals surface area contributed by atoms with Gasteiger partial charge in [0, 0.05) is 17.6 Å². The van der Waals surface area contributed by atoms with Crippen LogP contribution in [0.3, 0.4) is 0 Å². The quantitative estimate of drug-likeness (QED) is 0.419. The number of azo groups is 1. The number of aromatic nitrogens is 1. The van der Waals surface area contributed by atoms with Crippen LogP contribution >= 0.6 is 11.6 Å². The van der Waals surface area contributed by atoms with E-state index in [-0.39, 0.29) is 22.1 Å². The third kappa shape index (κ3) is 2.95. The summed E-state index contributed by atoms with van der Waals surface area (Å²) in [6.45, 7) is 0. The Hall–Kier alpha value is -3.06. The molecular formula is C15H9ClN4O3. The number of hydrogen-bond donors (Lipinski definition) is 1. The predicted molar refractivity (Wildman–Crippen MR) is 85.7 cm³/mol. The number of nitro benzene ring substituents is 1. The average Bonchev–Trinajstić information content (AvgIpc) is 2.55. The Morgan fingerprint density at radius 1 is 1.17 bits per heavy atom. The van der Waals surface area contributed by atoms with Crippen LogP contribution in [-0.4, -0.2) is 15.0 Å². The van der Waals surface area contributed by atoms with E-state index < -0.39 is 4.92 Å². The zero-order chi connectivity index (χ0) is 16.4. The van der Waals surface area contributed by atoms with E-state index in [2.05, 4.69) is 15.2 Å². The molecule has 8 heteroatoms. The minimum Gasteiger partial charge on any atom is -0.508 e. The molecule has 3 rings (SSSR count). The second-order valence-electron chi connectivity index (χ2n) is 4.60. The van der Waals surface area contributed by atoms with Gasteiger partial charge in [0.05, 0.1) is 21.2 Å². The second-order valence-corrected chi connectivity index (χ2v) is 5.01. The molecule has 0 amide bonds. The van der Waals surface area contributed by atoms with E-state index in [0.29, 0.717) is 16.6 Å². The molecule has 0 saturated heterocycles. The van der Waals surface area contributed by atoms with Crippen LogP contribution in [0.5, 0.6) is 5.75 Å². The average molecular weight is 329 g/mol. The Bertz CT molecular complexity index is 926. The maximum atomic E-state index is 11.3. The lowest BCUT2D eigenvalue weighted by Gasteiger charge is -2.04. The largest absolute Gasteiger partial charge is 0.508 e. The zero-order valence-electron chi connectivity index (χ0n) is 11.5. The Morgan fingerprint density at radius 3 is 2.61 bits per heavy atom. The van der Waals surface area contributed by atoms with Crippen molar-refractivity contribution >= 4 is 39.6 Å². The third-order valence-corrected chi connectivity index (χ3v) is 3.40. The molecule has 0 unspecified atom stereocenters. The number of nitrogens with zero attached hydrogens (tertiary/aromatic N) is 4. The lowest BCUT2D eigenvalue weighted by atomic mass is 10.1. The number of hydrogen-bond acceptors (Lipinski definition) is 6. The minimum absolute atomic E-state index is 0.0792. The van der Waals surface area contributed by atoms with E-state index >= 15 is 0 Å². The number of aromatic hydroxyl groups is 1. The number of rotatable bonds is 3. The molecule has 0 spiro atoms. The van der Waals surface area contributed by atoms with Crippen molar-refractivity contribution in [2.24, 2.45) is 10.2 Å². The van der Waals surface area contributed by atoms with Gasteiger partial charge >= 0.3 is 0 Å². The lowest BCUT2D eigenvalue weighted by Crippen LogP contribution is -1.91. The number of fused-ring (bicyclic) bond motifs is 1. The van der Waals surface area contributed by atoms with Crippen LogP contribution in [0.15, 0.2) is 58.9 Å². The fraction of sp³-hybridized carbons (Fsp3) is 0. The van der Waals surface area contributed by atoms with Crippen molar-refractivity contribution in [3.63, 3.8) is 0 Å². The molecule has 0 aliphatic heterocycles. The summed E-state index contributed by atoms with van der Waals surface area (Å²) in [4.78, 5) is 14.8. The van der Waals surface area contributed by atoms with Gasteiger partial charge in [-0.2, -0.15) is 5.11 Å². The first-order valence-electron chi connectivity index (χ1n) is 6.48. The summed E-state index contributed by atoms with van der Waals surface area (Å²) in [5.74, 6) is 0.0936. The highest BCUT2D eigenvalue weighted by molar-refractivity contribution is 6.36. The molecule has 2 aromatic carbocycles. The molecule has 0 atom stereocenters.